The number of carbonyl (C=O) groups excluding carboxylic acids is 1. The Labute approximate surface area is 100 Å². The fourth-order valence-electron chi connectivity index (χ4n) is 0.970. The minimum atomic E-state index is -3.94. The highest BCUT2D eigenvalue weighted by molar-refractivity contribution is 7.90. The van der Waals surface area contributed by atoms with Gasteiger partial charge in [0.1, 0.15) is 0 Å². The van der Waals surface area contributed by atoms with Gasteiger partial charge in [0, 0.05) is 6.04 Å². The third kappa shape index (κ3) is 4.31. The van der Waals surface area contributed by atoms with Gasteiger partial charge in [-0.15, -0.1) is 0 Å². The fraction of sp³-hybridized carbons (Fsp3) is 0.778. The van der Waals surface area contributed by atoms with Crippen molar-refractivity contribution in [2.45, 2.75) is 32.1 Å². The van der Waals surface area contributed by atoms with Crippen LogP contribution in [0.3, 0.4) is 0 Å². The minimum absolute atomic E-state index is 0.815. The van der Waals surface area contributed by atoms with Crippen LogP contribution < -0.4 is 4.72 Å². The molecule has 0 aliphatic heterocycles. The molecule has 0 aromatic rings. The van der Waals surface area contributed by atoms with Gasteiger partial charge in [0.15, 0.2) is 5.25 Å². The molecule has 2 N–H and O–H groups in total. The number of hydrogen-bond acceptors (Lipinski definition) is 5. The summed E-state index contributed by atoms with van der Waals surface area (Å²) < 4.78 is 29.8. The Morgan fingerprint density at radius 2 is 1.71 bits per heavy atom. The largest absolute Gasteiger partial charge is 0.481 e. The van der Waals surface area contributed by atoms with Crippen molar-refractivity contribution in [2.75, 3.05) is 7.11 Å². The topological polar surface area (TPSA) is 110 Å². The molecule has 0 aromatic heterocycles. The summed E-state index contributed by atoms with van der Waals surface area (Å²) in [4.78, 5) is 21.7. The summed E-state index contributed by atoms with van der Waals surface area (Å²) >= 11 is 0. The standard InChI is InChI=1S/C9H17NO6S/c1-5(8(11)12)6(2)10-17(14,15)7(3)9(13)16-4/h5-7,10H,1-4H3,(H,11,12). The molecule has 0 aromatic carbocycles. The molecule has 0 aliphatic carbocycles. The second kappa shape index (κ2) is 5.97. The molecule has 3 unspecified atom stereocenters. The average molecular weight is 267 g/mol. The van der Waals surface area contributed by atoms with Crippen LogP contribution in [-0.2, 0) is 24.3 Å². The molecule has 0 saturated heterocycles. The number of sulfonamides is 1. The van der Waals surface area contributed by atoms with E-state index in [9.17, 15) is 18.0 Å². The van der Waals surface area contributed by atoms with Gasteiger partial charge >= 0.3 is 11.9 Å². The van der Waals surface area contributed by atoms with Crippen molar-refractivity contribution in [3.05, 3.63) is 0 Å². The third-order valence-corrected chi connectivity index (χ3v) is 4.31. The SMILES string of the molecule is COC(=O)C(C)S(=O)(=O)NC(C)C(C)C(=O)O. The van der Waals surface area contributed by atoms with E-state index in [0.717, 1.165) is 7.11 Å². The van der Waals surface area contributed by atoms with Crippen molar-refractivity contribution in [1.82, 2.24) is 4.72 Å². The molecule has 0 fully saturated rings. The summed E-state index contributed by atoms with van der Waals surface area (Å²) in [7, 11) is -2.86. The number of ether oxygens (including phenoxy) is 1. The first-order chi connectivity index (χ1) is 7.63. The molecule has 0 amide bonds. The van der Waals surface area contributed by atoms with Gasteiger partial charge < -0.3 is 9.84 Å². The maximum Gasteiger partial charge on any atom is 0.325 e. The third-order valence-electron chi connectivity index (χ3n) is 2.49. The zero-order chi connectivity index (χ0) is 13.8. The van der Waals surface area contributed by atoms with Gasteiger partial charge in [0.2, 0.25) is 10.0 Å². The Kier molecular flexibility index (Phi) is 5.56. The van der Waals surface area contributed by atoms with Crippen LogP contribution in [0.2, 0.25) is 0 Å². The lowest BCUT2D eigenvalue weighted by Gasteiger charge is -2.19. The number of esters is 1. The van der Waals surface area contributed by atoms with E-state index in [2.05, 4.69) is 9.46 Å². The molecular weight excluding hydrogens is 250 g/mol. The van der Waals surface area contributed by atoms with Crippen molar-refractivity contribution in [1.29, 1.82) is 0 Å². The second-order valence-corrected chi connectivity index (χ2v) is 5.78. The van der Waals surface area contributed by atoms with Crippen molar-refractivity contribution < 1.29 is 27.9 Å². The number of aliphatic carboxylic acids is 1. The summed E-state index contributed by atoms with van der Waals surface area (Å²) in [5, 5.41) is 7.34. The monoisotopic (exact) mass is 267 g/mol. The lowest BCUT2D eigenvalue weighted by Crippen LogP contribution is -2.46. The number of carbonyl (C=O) groups is 2. The first-order valence-corrected chi connectivity index (χ1v) is 6.50. The van der Waals surface area contributed by atoms with E-state index >= 15 is 0 Å². The Balaban J connectivity index is 4.77. The van der Waals surface area contributed by atoms with Gasteiger partial charge in [0.05, 0.1) is 13.0 Å². The molecule has 3 atom stereocenters. The summed E-state index contributed by atoms with van der Waals surface area (Å²) in [5.74, 6) is -2.91. The normalized spacial score (nSPS) is 16.9. The molecule has 17 heavy (non-hydrogen) atoms. The Morgan fingerprint density at radius 1 is 1.24 bits per heavy atom. The quantitative estimate of drug-likeness (QED) is 0.632. The predicted molar refractivity (Wildman–Crippen MR) is 59.8 cm³/mol. The van der Waals surface area contributed by atoms with E-state index in [0.29, 0.717) is 0 Å². The second-order valence-electron chi connectivity index (χ2n) is 3.74. The summed E-state index contributed by atoms with van der Waals surface area (Å²) in [6.07, 6.45) is 0. The van der Waals surface area contributed by atoms with Crippen molar-refractivity contribution >= 4 is 22.0 Å². The van der Waals surface area contributed by atoms with Gasteiger partial charge in [0.25, 0.3) is 0 Å². The van der Waals surface area contributed by atoms with Crippen LogP contribution in [0.5, 0.6) is 0 Å². The van der Waals surface area contributed by atoms with E-state index in [1.54, 1.807) is 0 Å². The Hall–Kier alpha value is -1.15. The van der Waals surface area contributed by atoms with Gasteiger partial charge in [-0.3, -0.25) is 9.59 Å². The zero-order valence-electron chi connectivity index (χ0n) is 10.1. The predicted octanol–water partition coefficient (Wildman–Crippen LogP) is -0.423. The molecular formula is C9H17NO6S. The number of hydrogen-bond donors (Lipinski definition) is 2. The van der Waals surface area contributed by atoms with Gasteiger partial charge in [-0.05, 0) is 13.8 Å². The number of methoxy groups -OCH3 is 1. The molecule has 0 spiro atoms. The molecule has 7 nitrogen and oxygen atoms in total. The molecule has 100 valence electrons. The smallest absolute Gasteiger partial charge is 0.325 e. The number of nitrogens with one attached hydrogen (secondary N) is 1. The molecule has 8 heteroatoms. The Bertz CT molecular complexity index is 390. The van der Waals surface area contributed by atoms with Crippen LogP contribution in [0.4, 0.5) is 0 Å². The Morgan fingerprint density at radius 3 is 2.06 bits per heavy atom. The zero-order valence-corrected chi connectivity index (χ0v) is 10.9. The van der Waals surface area contributed by atoms with Crippen LogP contribution in [0.15, 0.2) is 0 Å². The van der Waals surface area contributed by atoms with E-state index in [1.165, 1.54) is 20.8 Å². The highest BCUT2D eigenvalue weighted by Gasteiger charge is 2.32. The van der Waals surface area contributed by atoms with Crippen LogP contribution in [-0.4, -0.2) is 43.9 Å². The van der Waals surface area contributed by atoms with Gasteiger partial charge in [-0.1, -0.05) is 6.92 Å². The lowest BCUT2D eigenvalue weighted by molar-refractivity contribution is -0.141. The summed E-state index contributed by atoms with van der Waals surface area (Å²) in [5.41, 5.74) is 0. The molecule has 0 aliphatic rings. The van der Waals surface area contributed by atoms with Crippen LogP contribution in [0, 0.1) is 5.92 Å². The summed E-state index contributed by atoms with van der Waals surface area (Å²) in [6.45, 7) is 3.96. The minimum Gasteiger partial charge on any atom is -0.481 e. The first-order valence-electron chi connectivity index (χ1n) is 4.95. The van der Waals surface area contributed by atoms with Crippen molar-refractivity contribution in [3.63, 3.8) is 0 Å². The highest BCUT2D eigenvalue weighted by atomic mass is 32.2. The van der Waals surface area contributed by atoms with Crippen LogP contribution in [0.1, 0.15) is 20.8 Å². The van der Waals surface area contributed by atoms with Crippen molar-refractivity contribution in [3.8, 4) is 0 Å². The number of carboxylic acids is 1. The number of rotatable bonds is 6. The van der Waals surface area contributed by atoms with Crippen molar-refractivity contribution in [2.24, 2.45) is 5.92 Å². The lowest BCUT2D eigenvalue weighted by atomic mass is 10.1. The molecule has 0 heterocycles. The van der Waals surface area contributed by atoms with E-state index in [4.69, 9.17) is 5.11 Å². The van der Waals surface area contributed by atoms with E-state index in [-0.39, 0.29) is 0 Å². The van der Waals surface area contributed by atoms with Gasteiger partial charge in [-0.25, -0.2) is 13.1 Å². The summed E-state index contributed by atoms with van der Waals surface area (Å²) in [6, 6.07) is -0.815. The van der Waals surface area contributed by atoms with Gasteiger partial charge in [-0.2, -0.15) is 0 Å². The maximum absolute atomic E-state index is 11.7. The van der Waals surface area contributed by atoms with E-state index < -0.39 is 39.2 Å². The van der Waals surface area contributed by atoms with Crippen LogP contribution >= 0.6 is 0 Å². The van der Waals surface area contributed by atoms with Crippen LogP contribution in [0.25, 0.3) is 0 Å². The fourth-order valence-corrected chi connectivity index (χ4v) is 2.25. The average Bonchev–Trinajstić information content (AvgIpc) is 2.24. The van der Waals surface area contributed by atoms with E-state index in [1.807, 2.05) is 0 Å². The molecule has 0 rings (SSSR count). The molecule has 0 saturated carbocycles. The number of carboxylic acid groups (broad SMARTS) is 1. The maximum atomic E-state index is 11.7. The highest BCUT2D eigenvalue weighted by Crippen LogP contribution is 2.08. The first kappa shape index (κ1) is 15.9. The molecule has 0 radical (unpaired) electrons. The molecule has 0 bridgehead atoms.